The number of piperazine rings is 1. The van der Waals surface area contributed by atoms with E-state index in [0.717, 1.165) is 24.4 Å². The van der Waals surface area contributed by atoms with E-state index in [0.29, 0.717) is 6.04 Å². The molecule has 0 spiro atoms. The number of nitrogens with one attached hydrogen (secondary N) is 1. The number of hydrogen-bond acceptors (Lipinski definition) is 3. The van der Waals surface area contributed by atoms with E-state index in [4.69, 9.17) is 0 Å². The first-order valence-corrected chi connectivity index (χ1v) is 6.81. The summed E-state index contributed by atoms with van der Waals surface area (Å²) in [5.41, 5.74) is 0. The summed E-state index contributed by atoms with van der Waals surface area (Å²) in [5.74, 6) is 0.276. The van der Waals surface area contributed by atoms with Gasteiger partial charge in [-0.05, 0) is 30.7 Å². The van der Waals surface area contributed by atoms with Gasteiger partial charge in [0.1, 0.15) is 6.04 Å². The highest BCUT2D eigenvalue weighted by molar-refractivity contribution is 7.10. The van der Waals surface area contributed by atoms with Crippen LogP contribution in [0.15, 0.2) is 17.5 Å². The van der Waals surface area contributed by atoms with Crippen molar-refractivity contribution in [3.8, 4) is 0 Å². The van der Waals surface area contributed by atoms with Crippen LogP contribution in [0.3, 0.4) is 0 Å². The molecular formula is C12H16N2OS. The minimum atomic E-state index is -0.0886. The number of amides is 1. The second-order valence-corrected chi connectivity index (χ2v) is 5.52. The molecule has 3 rings (SSSR count). The van der Waals surface area contributed by atoms with Crippen molar-refractivity contribution in [2.24, 2.45) is 0 Å². The Labute approximate surface area is 99.5 Å². The van der Waals surface area contributed by atoms with Crippen molar-refractivity contribution in [3.05, 3.63) is 22.4 Å². The summed E-state index contributed by atoms with van der Waals surface area (Å²) >= 11 is 1.66. The molecule has 1 N–H and O–H groups in total. The molecule has 2 saturated heterocycles. The van der Waals surface area contributed by atoms with Gasteiger partial charge in [-0.25, -0.2) is 0 Å². The van der Waals surface area contributed by atoms with Gasteiger partial charge in [0.2, 0.25) is 5.91 Å². The van der Waals surface area contributed by atoms with Gasteiger partial charge >= 0.3 is 0 Å². The molecule has 1 aromatic heterocycles. The summed E-state index contributed by atoms with van der Waals surface area (Å²) < 4.78 is 0. The predicted octanol–water partition coefficient (Wildman–Crippen LogP) is 1.77. The van der Waals surface area contributed by atoms with Crippen molar-refractivity contribution >= 4 is 17.2 Å². The number of nitrogens with zero attached hydrogens (tertiary/aromatic N) is 1. The smallest absolute Gasteiger partial charge is 0.245 e. The Balaban J connectivity index is 1.81. The predicted molar refractivity (Wildman–Crippen MR) is 64.4 cm³/mol. The van der Waals surface area contributed by atoms with E-state index >= 15 is 0 Å². The average molecular weight is 236 g/mol. The Morgan fingerprint density at radius 3 is 3.19 bits per heavy atom. The van der Waals surface area contributed by atoms with E-state index in [1.165, 1.54) is 12.8 Å². The molecule has 4 heteroatoms. The molecule has 3 nitrogen and oxygen atoms in total. The van der Waals surface area contributed by atoms with Crippen LogP contribution < -0.4 is 5.32 Å². The van der Waals surface area contributed by atoms with Gasteiger partial charge < -0.3 is 4.90 Å². The lowest BCUT2D eigenvalue weighted by Crippen LogP contribution is -2.57. The standard InChI is InChI=1S/C12H16N2OS/c15-12-11(10-5-3-7-16-10)13-8-9-4-1-2-6-14(9)12/h3,5,7,9,11,13H,1-2,4,6,8H2. The van der Waals surface area contributed by atoms with E-state index in [-0.39, 0.29) is 11.9 Å². The van der Waals surface area contributed by atoms with Gasteiger partial charge in [0.15, 0.2) is 0 Å². The number of carbonyl (C=O) groups is 1. The molecule has 2 aliphatic rings. The summed E-state index contributed by atoms with van der Waals surface area (Å²) in [6.07, 6.45) is 3.59. The Hall–Kier alpha value is -0.870. The van der Waals surface area contributed by atoms with Crippen LogP contribution in [0.1, 0.15) is 30.2 Å². The van der Waals surface area contributed by atoms with Gasteiger partial charge in [0.25, 0.3) is 0 Å². The minimum Gasteiger partial charge on any atom is -0.337 e. The number of carbonyl (C=O) groups excluding carboxylic acids is 1. The van der Waals surface area contributed by atoms with Crippen molar-refractivity contribution in [3.63, 3.8) is 0 Å². The lowest BCUT2D eigenvalue weighted by Gasteiger charge is -2.42. The van der Waals surface area contributed by atoms with Gasteiger partial charge in [0, 0.05) is 24.0 Å². The summed E-state index contributed by atoms with van der Waals surface area (Å²) in [6, 6.07) is 4.41. The van der Waals surface area contributed by atoms with E-state index in [9.17, 15) is 4.79 Å². The van der Waals surface area contributed by atoms with Crippen molar-refractivity contribution in [2.45, 2.75) is 31.3 Å². The average Bonchev–Trinajstić information content (AvgIpc) is 2.83. The Bertz CT molecular complexity index is 376. The van der Waals surface area contributed by atoms with E-state index in [2.05, 4.69) is 10.2 Å². The minimum absolute atomic E-state index is 0.0886. The molecule has 0 radical (unpaired) electrons. The first-order valence-electron chi connectivity index (χ1n) is 5.93. The van der Waals surface area contributed by atoms with Gasteiger partial charge in [0.05, 0.1) is 0 Å². The number of rotatable bonds is 1. The maximum atomic E-state index is 12.3. The van der Waals surface area contributed by atoms with E-state index in [1.54, 1.807) is 11.3 Å². The Morgan fingerprint density at radius 1 is 1.44 bits per heavy atom. The molecule has 2 fully saturated rings. The fourth-order valence-corrected chi connectivity index (χ4v) is 3.48. The largest absolute Gasteiger partial charge is 0.337 e. The number of thiophene rings is 1. The van der Waals surface area contributed by atoms with E-state index in [1.807, 2.05) is 17.5 Å². The third-order valence-corrected chi connectivity index (χ3v) is 4.48. The summed E-state index contributed by atoms with van der Waals surface area (Å²) in [7, 11) is 0. The molecule has 86 valence electrons. The maximum Gasteiger partial charge on any atom is 0.245 e. The van der Waals surface area contributed by atoms with E-state index < -0.39 is 0 Å². The third-order valence-electron chi connectivity index (χ3n) is 3.54. The molecule has 3 heterocycles. The highest BCUT2D eigenvalue weighted by atomic mass is 32.1. The van der Waals surface area contributed by atoms with Gasteiger partial charge in [-0.1, -0.05) is 6.07 Å². The van der Waals surface area contributed by atoms with Crippen LogP contribution in [-0.4, -0.2) is 29.9 Å². The molecule has 2 aliphatic heterocycles. The zero-order chi connectivity index (χ0) is 11.0. The van der Waals surface area contributed by atoms with Gasteiger partial charge in [-0.2, -0.15) is 0 Å². The molecule has 0 saturated carbocycles. The Morgan fingerprint density at radius 2 is 2.38 bits per heavy atom. The highest BCUT2D eigenvalue weighted by Gasteiger charge is 2.37. The molecule has 0 aromatic carbocycles. The van der Waals surface area contributed by atoms with Crippen LogP contribution in [0.4, 0.5) is 0 Å². The molecule has 16 heavy (non-hydrogen) atoms. The molecular weight excluding hydrogens is 220 g/mol. The number of fused-ring (bicyclic) bond motifs is 1. The fourth-order valence-electron chi connectivity index (χ4n) is 2.69. The summed E-state index contributed by atoms with van der Waals surface area (Å²) in [6.45, 7) is 1.90. The first kappa shape index (κ1) is 10.3. The van der Waals surface area contributed by atoms with Crippen LogP contribution in [-0.2, 0) is 4.79 Å². The van der Waals surface area contributed by atoms with Crippen LogP contribution in [0.2, 0.25) is 0 Å². The third kappa shape index (κ3) is 1.66. The van der Waals surface area contributed by atoms with Gasteiger partial charge in [-0.3, -0.25) is 10.1 Å². The fraction of sp³-hybridized carbons (Fsp3) is 0.583. The number of piperidine rings is 1. The number of hydrogen-bond donors (Lipinski definition) is 1. The molecule has 0 aliphatic carbocycles. The molecule has 0 bridgehead atoms. The summed E-state index contributed by atoms with van der Waals surface area (Å²) in [5, 5.41) is 5.42. The van der Waals surface area contributed by atoms with Crippen LogP contribution in [0, 0.1) is 0 Å². The molecule has 2 atom stereocenters. The zero-order valence-corrected chi connectivity index (χ0v) is 10.0. The highest BCUT2D eigenvalue weighted by Crippen LogP contribution is 2.28. The Kier molecular flexibility index (Phi) is 2.69. The van der Waals surface area contributed by atoms with Crippen LogP contribution in [0.5, 0.6) is 0 Å². The van der Waals surface area contributed by atoms with Crippen molar-refractivity contribution in [1.82, 2.24) is 10.2 Å². The van der Waals surface area contributed by atoms with Crippen LogP contribution >= 0.6 is 11.3 Å². The lowest BCUT2D eigenvalue weighted by molar-refractivity contribution is -0.140. The normalized spacial score (nSPS) is 30.2. The SMILES string of the molecule is O=C1C(c2cccs2)NCC2CCCCN12. The zero-order valence-electron chi connectivity index (χ0n) is 9.19. The van der Waals surface area contributed by atoms with Gasteiger partial charge in [-0.15, -0.1) is 11.3 Å². The quantitative estimate of drug-likeness (QED) is 0.806. The second-order valence-electron chi connectivity index (χ2n) is 4.54. The maximum absolute atomic E-state index is 12.3. The van der Waals surface area contributed by atoms with Crippen LogP contribution in [0.25, 0.3) is 0 Å². The van der Waals surface area contributed by atoms with Crippen molar-refractivity contribution in [1.29, 1.82) is 0 Å². The molecule has 2 unspecified atom stereocenters. The monoisotopic (exact) mass is 236 g/mol. The molecule has 1 aromatic rings. The summed E-state index contributed by atoms with van der Waals surface area (Å²) in [4.78, 5) is 15.6. The molecule has 1 amide bonds. The topological polar surface area (TPSA) is 32.3 Å². The van der Waals surface area contributed by atoms with Crippen molar-refractivity contribution < 1.29 is 4.79 Å². The second kappa shape index (κ2) is 4.18. The first-order chi connectivity index (χ1) is 7.86. The van der Waals surface area contributed by atoms with Crippen molar-refractivity contribution in [2.75, 3.05) is 13.1 Å². The lowest BCUT2D eigenvalue weighted by atomic mass is 9.97.